The smallest absolute Gasteiger partial charge is 0.253 e. The van der Waals surface area contributed by atoms with Gasteiger partial charge >= 0.3 is 0 Å². The van der Waals surface area contributed by atoms with E-state index in [1.807, 2.05) is 30.9 Å². The summed E-state index contributed by atoms with van der Waals surface area (Å²) in [7, 11) is 0. The molecule has 1 aromatic carbocycles. The Bertz CT molecular complexity index is 809. The Labute approximate surface area is 175 Å². The summed E-state index contributed by atoms with van der Waals surface area (Å²) in [6, 6.07) is 8.25. The van der Waals surface area contributed by atoms with Crippen LogP contribution in [0.1, 0.15) is 34.6 Å². The second-order valence-electron chi connectivity index (χ2n) is 6.58. The van der Waals surface area contributed by atoms with Crippen molar-refractivity contribution in [1.29, 1.82) is 0 Å². The van der Waals surface area contributed by atoms with Gasteiger partial charge in [-0.25, -0.2) is 0 Å². The van der Waals surface area contributed by atoms with Crippen molar-refractivity contribution < 1.29 is 9.59 Å². The maximum atomic E-state index is 12.6. The van der Waals surface area contributed by atoms with E-state index in [1.165, 1.54) is 0 Å². The second-order valence-corrected chi connectivity index (χ2v) is 7.97. The van der Waals surface area contributed by atoms with Gasteiger partial charge in [-0.15, -0.1) is 0 Å². The van der Waals surface area contributed by atoms with E-state index in [-0.39, 0.29) is 11.8 Å². The zero-order chi connectivity index (χ0) is 20.5. The Balaban J connectivity index is 1.88. The molecule has 0 bridgehead atoms. The molecule has 1 atom stereocenters. The number of halogens is 1. The molecule has 0 fully saturated rings. The molecule has 152 valence electrons. The number of hydrogen-bond acceptors (Lipinski definition) is 4. The number of carbonyl (C=O) groups excluding carboxylic acids is 2. The number of benzene rings is 1. The van der Waals surface area contributed by atoms with Crippen LogP contribution in [0.2, 0.25) is 5.02 Å². The van der Waals surface area contributed by atoms with E-state index in [1.54, 1.807) is 36.0 Å². The molecule has 1 heterocycles. The van der Waals surface area contributed by atoms with Crippen LogP contribution in [0, 0.1) is 13.8 Å². The van der Waals surface area contributed by atoms with Crippen molar-refractivity contribution in [2.24, 2.45) is 0 Å². The molecular formula is C20H27ClN4O2S. The third-order valence-corrected chi connectivity index (χ3v) is 5.27. The van der Waals surface area contributed by atoms with Gasteiger partial charge in [0.15, 0.2) is 0 Å². The van der Waals surface area contributed by atoms with E-state index in [4.69, 9.17) is 11.6 Å². The molecule has 2 N–H and O–H groups in total. The minimum Gasteiger partial charge on any atom is -0.354 e. The molecule has 0 saturated carbocycles. The summed E-state index contributed by atoms with van der Waals surface area (Å²) in [6.07, 6.45) is 3.29. The zero-order valence-electron chi connectivity index (χ0n) is 16.5. The number of aromatic nitrogens is 2. The third-order valence-electron chi connectivity index (χ3n) is 4.30. The number of hydrogen-bond donors (Lipinski definition) is 2. The van der Waals surface area contributed by atoms with E-state index >= 15 is 0 Å². The van der Waals surface area contributed by atoms with Gasteiger partial charge in [0.05, 0.1) is 16.3 Å². The van der Waals surface area contributed by atoms with Gasteiger partial charge in [-0.05, 0) is 56.9 Å². The second kappa shape index (κ2) is 11.1. The van der Waals surface area contributed by atoms with Crippen LogP contribution < -0.4 is 10.6 Å². The van der Waals surface area contributed by atoms with E-state index in [0.717, 1.165) is 30.1 Å². The van der Waals surface area contributed by atoms with Gasteiger partial charge in [0.1, 0.15) is 6.04 Å². The number of rotatable bonds is 10. The summed E-state index contributed by atoms with van der Waals surface area (Å²) in [6.45, 7) is 5.24. The van der Waals surface area contributed by atoms with Gasteiger partial charge in [0.2, 0.25) is 5.91 Å². The molecular weight excluding hydrogens is 396 g/mol. The number of amides is 2. The van der Waals surface area contributed by atoms with Crippen LogP contribution in [0.4, 0.5) is 0 Å². The Morgan fingerprint density at radius 2 is 2.04 bits per heavy atom. The summed E-state index contributed by atoms with van der Waals surface area (Å²) in [4.78, 5) is 25.1. The summed E-state index contributed by atoms with van der Waals surface area (Å²) in [5.74, 6) is 0.254. The van der Waals surface area contributed by atoms with Crippen molar-refractivity contribution in [2.45, 2.75) is 39.3 Å². The van der Waals surface area contributed by atoms with Gasteiger partial charge < -0.3 is 10.6 Å². The monoisotopic (exact) mass is 422 g/mol. The molecule has 0 saturated heterocycles. The predicted molar refractivity (Wildman–Crippen MR) is 115 cm³/mol. The summed E-state index contributed by atoms with van der Waals surface area (Å²) in [5.41, 5.74) is 2.46. The fraction of sp³-hybridized carbons (Fsp3) is 0.450. The van der Waals surface area contributed by atoms with Gasteiger partial charge in [-0.3, -0.25) is 14.3 Å². The van der Waals surface area contributed by atoms with Crippen molar-refractivity contribution >= 4 is 35.2 Å². The fourth-order valence-corrected chi connectivity index (χ4v) is 3.54. The number of thioether (sulfide) groups is 1. The highest BCUT2D eigenvalue weighted by Crippen LogP contribution is 2.15. The molecule has 0 aliphatic heterocycles. The number of nitrogens with one attached hydrogen (secondary N) is 2. The molecule has 6 nitrogen and oxygen atoms in total. The van der Waals surface area contributed by atoms with Crippen LogP contribution in [-0.2, 0) is 11.3 Å². The van der Waals surface area contributed by atoms with Crippen molar-refractivity contribution in [3.8, 4) is 0 Å². The first kappa shape index (κ1) is 22.3. The first-order valence-corrected chi connectivity index (χ1v) is 11.0. The van der Waals surface area contributed by atoms with Crippen molar-refractivity contribution in [1.82, 2.24) is 20.4 Å². The number of carbonyl (C=O) groups is 2. The van der Waals surface area contributed by atoms with E-state index in [9.17, 15) is 9.59 Å². The maximum Gasteiger partial charge on any atom is 0.253 e. The SMILES string of the molecule is CSCC[C@@H](NC(=O)c1ccccc1Cl)C(=O)NCCCn1nc(C)cc1C. The molecule has 0 aliphatic rings. The average molecular weight is 423 g/mol. The standard InChI is InChI=1S/C20H27ClN4O2S/c1-14-13-15(2)25(24-14)11-6-10-22-20(27)18(9-12-28-3)23-19(26)16-7-4-5-8-17(16)21/h4-5,7-8,13,18H,6,9-12H2,1-3H3,(H,22,27)(H,23,26)/t18-/m1/s1. The predicted octanol–water partition coefficient (Wildman–Crippen LogP) is 3.21. The Hall–Kier alpha value is -1.99. The molecule has 28 heavy (non-hydrogen) atoms. The largest absolute Gasteiger partial charge is 0.354 e. The molecule has 2 amide bonds. The summed E-state index contributed by atoms with van der Waals surface area (Å²) in [5, 5.41) is 10.5. The lowest BCUT2D eigenvalue weighted by atomic mass is 10.1. The molecule has 1 aromatic heterocycles. The van der Waals surface area contributed by atoms with Crippen molar-refractivity contribution in [3.05, 3.63) is 52.3 Å². The van der Waals surface area contributed by atoms with E-state index in [0.29, 0.717) is 23.6 Å². The molecule has 0 aliphatic carbocycles. The zero-order valence-corrected chi connectivity index (χ0v) is 18.1. The Morgan fingerprint density at radius 1 is 1.29 bits per heavy atom. The Morgan fingerprint density at radius 3 is 2.68 bits per heavy atom. The van der Waals surface area contributed by atoms with Crippen LogP contribution in [0.5, 0.6) is 0 Å². The van der Waals surface area contributed by atoms with Crippen LogP contribution in [-0.4, -0.2) is 46.2 Å². The number of nitrogens with zero attached hydrogens (tertiary/aromatic N) is 2. The van der Waals surface area contributed by atoms with E-state index < -0.39 is 6.04 Å². The lowest BCUT2D eigenvalue weighted by Gasteiger charge is -2.18. The lowest BCUT2D eigenvalue weighted by Crippen LogP contribution is -2.47. The first-order valence-electron chi connectivity index (χ1n) is 9.25. The van der Waals surface area contributed by atoms with Crippen LogP contribution in [0.15, 0.2) is 30.3 Å². The van der Waals surface area contributed by atoms with Gasteiger partial charge in [-0.1, -0.05) is 23.7 Å². The molecule has 2 aromatic rings. The van der Waals surface area contributed by atoms with Crippen molar-refractivity contribution in [3.63, 3.8) is 0 Å². The molecule has 0 radical (unpaired) electrons. The lowest BCUT2D eigenvalue weighted by molar-refractivity contribution is -0.123. The molecule has 0 unspecified atom stereocenters. The first-order chi connectivity index (χ1) is 13.4. The number of aryl methyl sites for hydroxylation is 3. The third kappa shape index (κ3) is 6.56. The highest BCUT2D eigenvalue weighted by Gasteiger charge is 2.21. The van der Waals surface area contributed by atoms with Crippen molar-refractivity contribution in [2.75, 3.05) is 18.6 Å². The van der Waals surface area contributed by atoms with Crippen LogP contribution in [0.25, 0.3) is 0 Å². The molecule has 0 spiro atoms. The van der Waals surface area contributed by atoms with Gasteiger partial charge in [0, 0.05) is 18.8 Å². The highest BCUT2D eigenvalue weighted by molar-refractivity contribution is 7.98. The fourth-order valence-electron chi connectivity index (χ4n) is 2.85. The minimum atomic E-state index is -0.593. The highest BCUT2D eigenvalue weighted by atomic mass is 35.5. The van der Waals surface area contributed by atoms with Crippen LogP contribution >= 0.6 is 23.4 Å². The topological polar surface area (TPSA) is 76.0 Å². The van der Waals surface area contributed by atoms with Gasteiger partial charge in [-0.2, -0.15) is 16.9 Å². The minimum absolute atomic E-state index is 0.178. The summed E-state index contributed by atoms with van der Waals surface area (Å²) < 4.78 is 1.94. The van der Waals surface area contributed by atoms with E-state index in [2.05, 4.69) is 15.7 Å². The van der Waals surface area contributed by atoms with Gasteiger partial charge in [0.25, 0.3) is 5.91 Å². The summed E-state index contributed by atoms with van der Waals surface area (Å²) >= 11 is 7.72. The van der Waals surface area contributed by atoms with Crippen LogP contribution in [0.3, 0.4) is 0 Å². The maximum absolute atomic E-state index is 12.6. The Kier molecular flexibility index (Phi) is 8.86. The normalized spacial score (nSPS) is 11.9. The average Bonchev–Trinajstić information content (AvgIpc) is 2.99. The molecule has 2 rings (SSSR count). The molecule has 8 heteroatoms. The quantitative estimate of drug-likeness (QED) is 0.576.